The quantitative estimate of drug-likeness (QED) is 0.164. The van der Waals surface area contributed by atoms with Crippen LogP contribution < -0.4 is 0 Å². The van der Waals surface area contributed by atoms with Crippen LogP contribution in [0.3, 0.4) is 0 Å². The Kier molecular flexibility index (Phi) is 7.36. The second-order valence-corrected chi connectivity index (χ2v) is 13.3. The summed E-state index contributed by atoms with van der Waals surface area (Å²) in [7, 11) is 0. The van der Waals surface area contributed by atoms with Crippen molar-refractivity contribution in [3.05, 3.63) is 176 Å². The largest absolute Gasteiger partial charge is 0.296 e. The van der Waals surface area contributed by atoms with Crippen molar-refractivity contribution in [1.82, 2.24) is 24.5 Å². The van der Waals surface area contributed by atoms with E-state index in [4.69, 9.17) is 19.9 Å². The van der Waals surface area contributed by atoms with Crippen LogP contribution in [-0.2, 0) is 6.42 Å². The van der Waals surface area contributed by atoms with Gasteiger partial charge in [0.25, 0.3) is 0 Å². The van der Waals surface area contributed by atoms with Crippen molar-refractivity contribution in [2.45, 2.75) is 13.3 Å². The summed E-state index contributed by atoms with van der Waals surface area (Å²) in [6, 6.07) is 59.2. The van der Waals surface area contributed by atoms with Gasteiger partial charge in [-0.1, -0.05) is 140 Å². The highest BCUT2D eigenvalue weighted by Crippen LogP contribution is 2.39. The van der Waals surface area contributed by atoms with E-state index >= 15 is 0 Å². The molecule has 0 spiro atoms. The van der Waals surface area contributed by atoms with Crippen molar-refractivity contribution in [1.29, 1.82) is 0 Å². The summed E-state index contributed by atoms with van der Waals surface area (Å²) in [5, 5.41) is 4.34. The molecule has 53 heavy (non-hydrogen) atoms. The fourth-order valence-electron chi connectivity index (χ4n) is 7.62. The molecule has 0 radical (unpaired) electrons. The first kappa shape index (κ1) is 30.8. The van der Waals surface area contributed by atoms with Crippen LogP contribution in [0.1, 0.15) is 12.7 Å². The summed E-state index contributed by atoms with van der Waals surface area (Å²) >= 11 is 0. The van der Waals surface area contributed by atoms with Crippen LogP contribution in [0.25, 0.3) is 94.3 Å². The fourth-order valence-corrected chi connectivity index (χ4v) is 7.62. The average Bonchev–Trinajstić information content (AvgIpc) is 3.63. The first-order chi connectivity index (χ1) is 26.2. The third-order valence-electron chi connectivity index (χ3n) is 10.2. The minimum absolute atomic E-state index is 0.700. The highest BCUT2D eigenvalue weighted by Gasteiger charge is 2.20. The second kappa shape index (κ2) is 12.7. The standard InChI is InChI=1S/C48H33N5/c1-2-43-51-47-42(53(43)36-18-7-4-8-19-36)29-28-38-37-20-9-11-22-40(37)49-46(44(38)47)33-26-24-32(25-27-33)45-39-21-10-12-23-41(39)50-48(52-45)35-17-13-16-34(30-35)31-14-5-3-6-15-31/h3-30H,2H2,1H3. The molecule has 250 valence electrons. The van der Waals surface area contributed by atoms with Gasteiger partial charge in [-0.25, -0.2) is 19.9 Å². The maximum absolute atomic E-state index is 5.33. The summed E-state index contributed by atoms with van der Waals surface area (Å²) < 4.78 is 2.28. The predicted molar refractivity (Wildman–Crippen MR) is 218 cm³/mol. The molecule has 0 bridgehead atoms. The molecule has 0 saturated carbocycles. The summed E-state index contributed by atoms with van der Waals surface area (Å²) in [6.07, 6.45) is 0.807. The Bertz CT molecular complexity index is 2970. The van der Waals surface area contributed by atoms with E-state index in [-0.39, 0.29) is 0 Å². The second-order valence-electron chi connectivity index (χ2n) is 13.3. The molecule has 0 unspecified atom stereocenters. The molecule has 5 nitrogen and oxygen atoms in total. The summed E-state index contributed by atoms with van der Waals surface area (Å²) in [5.74, 6) is 1.72. The van der Waals surface area contributed by atoms with Crippen molar-refractivity contribution < 1.29 is 0 Å². The number of hydrogen-bond acceptors (Lipinski definition) is 4. The highest BCUT2D eigenvalue weighted by molar-refractivity contribution is 6.20. The molecule has 10 aromatic rings. The number of aryl methyl sites for hydroxylation is 1. The maximum Gasteiger partial charge on any atom is 0.160 e. The van der Waals surface area contributed by atoms with Gasteiger partial charge in [0.2, 0.25) is 0 Å². The molecular formula is C48H33N5. The number of nitrogens with zero attached hydrogens (tertiary/aromatic N) is 5. The van der Waals surface area contributed by atoms with E-state index in [0.29, 0.717) is 5.82 Å². The van der Waals surface area contributed by atoms with Gasteiger partial charge in [-0.05, 0) is 52.9 Å². The van der Waals surface area contributed by atoms with Crippen molar-refractivity contribution >= 4 is 43.6 Å². The lowest BCUT2D eigenvalue weighted by Crippen LogP contribution is -1.99. The molecule has 0 atom stereocenters. The van der Waals surface area contributed by atoms with Crippen LogP contribution in [0.4, 0.5) is 0 Å². The Morgan fingerprint density at radius 2 is 1.06 bits per heavy atom. The molecule has 7 aromatic carbocycles. The zero-order valence-corrected chi connectivity index (χ0v) is 29.1. The Hall–Kier alpha value is -6.98. The normalized spacial score (nSPS) is 11.6. The monoisotopic (exact) mass is 679 g/mol. The minimum atomic E-state index is 0.700. The Balaban J connectivity index is 1.14. The zero-order chi connectivity index (χ0) is 35.3. The van der Waals surface area contributed by atoms with Crippen molar-refractivity contribution in [3.8, 4) is 50.7 Å². The smallest absolute Gasteiger partial charge is 0.160 e. The van der Waals surface area contributed by atoms with Crippen molar-refractivity contribution in [2.24, 2.45) is 0 Å². The van der Waals surface area contributed by atoms with Crippen LogP contribution >= 0.6 is 0 Å². The van der Waals surface area contributed by atoms with Crippen molar-refractivity contribution in [3.63, 3.8) is 0 Å². The Morgan fingerprint density at radius 1 is 0.434 bits per heavy atom. The highest BCUT2D eigenvalue weighted by atomic mass is 15.1. The number of hydrogen-bond donors (Lipinski definition) is 0. The molecule has 0 aliphatic heterocycles. The van der Waals surface area contributed by atoms with E-state index in [0.717, 1.165) is 101 Å². The SMILES string of the molecule is CCc1nc2c3c(-c4ccc(-c5nc(-c6cccc(-c7ccccc7)c6)nc6ccccc56)cc4)nc4ccccc4c3ccc2n1-c1ccccc1. The molecule has 0 fully saturated rings. The number of fused-ring (bicyclic) bond motifs is 6. The Morgan fingerprint density at radius 3 is 1.81 bits per heavy atom. The molecular weight excluding hydrogens is 647 g/mol. The van der Waals surface area contributed by atoms with Gasteiger partial charge in [0.1, 0.15) is 5.82 Å². The zero-order valence-electron chi connectivity index (χ0n) is 29.1. The number of imidazole rings is 1. The third-order valence-corrected chi connectivity index (χ3v) is 10.2. The first-order valence-corrected chi connectivity index (χ1v) is 18.0. The topological polar surface area (TPSA) is 56.5 Å². The lowest BCUT2D eigenvalue weighted by atomic mass is 9.97. The summed E-state index contributed by atoms with van der Waals surface area (Å²) in [4.78, 5) is 20.9. The summed E-state index contributed by atoms with van der Waals surface area (Å²) in [5.41, 5.74) is 12.1. The first-order valence-electron chi connectivity index (χ1n) is 18.0. The van der Waals surface area contributed by atoms with Crippen LogP contribution in [0, 0.1) is 0 Å². The molecule has 0 saturated heterocycles. The van der Waals surface area contributed by atoms with Gasteiger partial charge in [0.05, 0.1) is 33.5 Å². The molecule has 0 N–H and O–H groups in total. The van der Waals surface area contributed by atoms with Crippen LogP contribution in [0.5, 0.6) is 0 Å². The molecule has 0 aliphatic carbocycles. The van der Waals surface area contributed by atoms with Gasteiger partial charge in [-0.15, -0.1) is 0 Å². The van der Waals surface area contributed by atoms with Gasteiger partial charge in [0, 0.05) is 45.0 Å². The number of aromatic nitrogens is 5. The van der Waals surface area contributed by atoms with Gasteiger partial charge < -0.3 is 0 Å². The number of para-hydroxylation sites is 3. The van der Waals surface area contributed by atoms with Gasteiger partial charge >= 0.3 is 0 Å². The lowest BCUT2D eigenvalue weighted by molar-refractivity contribution is 0.908. The molecule has 0 amide bonds. The molecule has 10 rings (SSSR count). The fraction of sp³-hybridized carbons (Fsp3) is 0.0417. The number of rotatable bonds is 6. The van der Waals surface area contributed by atoms with Gasteiger partial charge in [-0.3, -0.25) is 4.57 Å². The van der Waals surface area contributed by atoms with E-state index < -0.39 is 0 Å². The van der Waals surface area contributed by atoms with Crippen molar-refractivity contribution in [2.75, 3.05) is 0 Å². The molecule has 5 heteroatoms. The molecule has 3 heterocycles. The van der Waals surface area contributed by atoms with Crippen LogP contribution in [-0.4, -0.2) is 24.5 Å². The average molecular weight is 680 g/mol. The number of pyridine rings is 1. The third kappa shape index (κ3) is 5.25. The van der Waals surface area contributed by atoms with Crippen LogP contribution in [0.15, 0.2) is 170 Å². The number of benzene rings is 7. The van der Waals surface area contributed by atoms with Gasteiger partial charge in [0.15, 0.2) is 5.82 Å². The Labute approximate surface area is 306 Å². The van der Waals surface area contributed by atoms with E-state index in [2.05, 4.69) is 169 Å². The minimum Gasteiger partial charge on any atom is -0.296 e. The van der Waals surface area contributed by atoms with Gasteiger partial charge in [-0.2, -0.15) is 0 Å². The van der Waals surface area contributed by atoms with E-state index in [9.17, 15) is 0 Å². The van der Waals surface area contributed by atoms with E-state index in [1.807, 2.05) is 12.1 Å². The maximum atomic E-state index is 5.33. The molecule has 0 aliphatic rings. The summed E-state index contributed by atoms with van der Waals surface area (Å²) in [6.45, 7) is 2.17. The lowest BCUT2D eigenvalue weighted by Gasteiger charge is -2.13. The van der Waals surface area contributed by atoms with Crippen LogP contribution in [0.2, 0.25) is 0 Å². The van der Waals surface area contributed by atoms with E-state index in [1.54, 1.807) is 0 Å². The van der Waals surface area contributed by atoms with E-state index in [1.165, 1.54) is 0 Å². The molecule has 3 aromatic heterocycles. The predicted octanol–water partition coefficient (Wildman–Crippen LogP) is 11.9.